The molecule has 1 aromatic rings. The summed E-state index contributed by atoms with van der Waals surface area (Å²) in [5, 5.41) is 2.06. The van der Waals surface area contributed by atoms with Gasteiger partial charge < -0.3 is 20.7 Å². The lowest BCUT2D eigenvalue weighted by Gasteiger charge is -2.38. The molecule has 1 aliphatic heterocycles. The molecular weight excluding hydrogens is 432 g/mol. The minimum Gasteiger partial charge on any atom is -0.444 e. The van der Waals surface area contributed by atoms with Crippen molar-refractivity contribution in [1.82, 2.24) is 4.90 Å². The number of benzene rings is 1. The van der Waals surface area contributed by atoms with Gasteiger partial charge in [0.25, 0.3) is 0 Å². The van der Waals surface area contributed by atoms with Gasteiger partial charge in [-0.25, -0.2) is 4.79 Å². The molecule has 0 atom stereocenters. The molecule has 1 aliphatic rings. The number of rotatable bonds is 2. The Morgan fingerprint density at radius 2 is 1.42 bits per heavy atom. The van der Waals surface area contributed by atoms with E-state index in [1.165, 1.54) is 4.90 Å². The smallest absolute Gasteiger partial charge is 0.416 e. The molecule has 0 bridgehead atoms. The van der Waals surface area contributed by atoms with Crippen LogP contribution in [0, 0.1) is 0 Å². The Morgan fingerprint density at radius 1 is 0.968 bits per heavy atom. The summed E-state index contributed by atoms with van der Waals surface area (Å²) in [5.74, 6) is -0.941. The number of carbonyl (C=O) groups excluding carboxylic acids is 2. The number of nitrogens with zero attached hydrogens (tertiary/aromatic N) is 1. The van der Waals surface area contributed by atoms with Crippen molar-refractivity contribution in [1.29, 1.82) is 0 Å². The Kier molecular flexibility index (Phi) is 6.56. The highest BCUT2D eigenvalue weighted by Crippen LogP contribution is 2.37. The van der Waals surface area contributed by atoms with Crippen molar-refractivity contribution in [3.63, 3.8) is 0 Å². The summed E-state index contributed by atoms with van der Waals surface area (Å²) >= 11 is 0. The number of alkyl halides is 6. The summed E-state index contributed by atoms with van der Waals surface area (Å²) in [6, 6.07) is 0.784. The summed E-state index contributed by atoms with van der Waals surface area (Å²) in [6.45, 7) is 5.11. The molecule has 31 heavy (non-hydrogen) atoms. The largest absolute Gasteiger partial charge is 0.444 e. The Balaban J connectivity index is 2.15. The van der Waals surface area contributed by atoms with Crippen molar-refractivity contribution in [2.75, 3.05) is 18.4 Å². The van der Waals surface area contributed by atoms with Gasteiger partial charge in [-0.2, -0.15) is 26.3 Å². The summed E-state index contributed by atoms with van der Waals surface area (Å²) in [6.07, 6.45) is -10.8. The average Bonchev–Trinajstić information content (AvgIpc) is 2.59. The molecule has 1 saturated heterocycles. The van der Waals surface area contributed by atoms with E-state index in [4.69, 9.17) is 10.5 Å². The van der Waals surface area contributed by atoms with E-state index >= 15 is 0 Å². The second kappa shape index (κ2) is 8.21. The van der Waals surface area contributed by atoms with Crippen LogP contribution in [0.5, 0.6) is 0 Å². The molecule has 0 aromatic heterocycles. The monoisotopic (exact) mass is 455 g/mol. The van der Waals surface area contributed by atoms with Gasteiger partial charge in [-0.3, -0.25) is 4.79 Å². The van der Waals surface area contributed by atoms with Crippen molar-refractivity contribution in [2.24, 2.45) is 5.73 Å². The van der Waals surface area contributed by atoms with Gasteiger partial charge in [-0.15, -0.1) is 0 Å². The molecule has 1 fully saturated rings. The zero-order valence-electron chi connectivity index (χ0n) is 17.1. The minimum atomic E-state index is -5.04. The molecule has 0 radical (unpaired) electrons. The Bertz CT molecular complexity index is 806. The topological polar surface area (TPSA) is 84.7 Å². The van der Waals surface area contributed by atoms with E-state index < -0.39 is 52.3 Å². The lowest BCUT2D eigenvalue weighted by molar-refractivity contribution is -0.143. The van der Waals surface area contributed by atoms with Crippen molar-refractivity contribution in [2.45, 2.75) is 57.1 Å². The minimum absolute atomic E-state index is 0.0345. The molecule has 0 unspecified atom stereocenters. The Labute approximate surface area is 174 Å². The van der Waals surface area contributed by atoms with Gasteiger partial charge in [0, 0.05) is 18.8 Å². The third kappa shape index (κ3) is 6.49. The number of hydrogen-bond acceptors (Lipinski definition) is 4. The number of halogens is 6. The maximum Gasteiger partial charge on any atom is 0.416 e. The van der Waals surface area contributed by atoms with Crippen molar-refractivity contribution < 1.29 is 40.7 Å². The summed E-state index contributed by atoms with van der Waals surface area (Å²) in [5.41, 5.74) is -0.0357. The van der Waals surface area contributed by atoms with E-state index in [0.29, 0.717) is 12.1 Å². The normalized spacial score (nSPS) is 17.3. The molecule has 0 spiro atoms. The van der Waals surface area contributed by atoms with E-state index in [1.54, 1.807) is 20.8 Å². The number of nitrogens with one attached hydrogen (secondary N) is 1. The van der Waals surface area contributed by atoms with Crippen LogP contribution >= 0.6 is 0 Å². The standard InChI is InChI=1S/C19H23F6N3O3/c1-16(2,3)31-15(30)28-6-4-17(26,5-7-28)14(29)27-13-9-11(18(20,21)22)8-12(10-13)19(23,24)25/h8-10H,4-7,26H2,1-3H3,(H,27,29). The fourth-order valence-electron chi connectivity index (χ4n) is 2.92. The zero-order valence-corrected chi connectivity index (χ0v) is 17.1. The highest BCUT2D eigenvalue weighted by molar-refractivity contribution is 5.98. The molecule has 1 heterocycles. The van der Waals surface area contributed by atoms with Crippen LogP contribution in [0.1, 0.15) is 44.7 Å². The first-order valence-corrected chi connectivity index (χ1v) is 9.28. The van der Waals surface area contributed by atoms with E-state index in [-0.39, 0.29) is 32.0 Å². The number of piperidine rings is 1. The number of hydrogen-bond donors (Lipinski definition) is 2. The van der Waals surface area contributed by atoms with E-state index in [9.17, 15) is 35.9 Å². The molecule has 3 N–H and O–H groups in total. The van der Waals surface area contributed by atoms with Gasteiger partial charge >= 0.3 is 18.4 Å². The Morgan fingerprint density at radius 3 is 1.81 bits per heavy atom. The van der Waals surface area contributed by atoms with Crippen LogP contribution in [-0.4, -0.2) is 41.1 Å². The number of likely N-dealkylation sites (tertiary alicyclic amines) is 1. The molecule has 2 rings (SSSR count). The second-order valence-electron chi connectivity index (χ2n) is 8.37. The summed E-state index contributed by atoms with van der Waals surface area (Å²) in [7, 11) is 0. The lowest BCUT2D eigenvalue weighted by atomic mass is 9.87. The van der Waals surface area contributed by atoms with E-state index in [2.05, 4.69) is 5.32 Å². The van der Waals surface area contributed by atoms with Gasteiger partial charge in [-0.05, 0) is 51.8 Å². The lowest BCUT2D eigenvalue weighted by Crippen LogP contribution is -2.58. The summed E-state index contributed by atoms with van der Waals surface area (Å²) in [4.78, 5) is 26.0. The molecule has 1 aromatic carbocycles. The Hall–Kier alpha value is -2.50. The fraction of sp³-hybridized carbons (Fsp3) is 0.579. The fourth-order valence-corrected chi connectivity index (χ4v) is 2.92. The summed E-state index contributed by atoms with van der Waals surface area (Å²) < 4.78 is 83.1. The molecule has 174 valence electrons. The average molecular weight is 455 g/mol. The van der Waals surface area contributed by atoms with Gasteiger partial charge in [-0.1, -0.05) is 0 Å². The maximum absolute atomic E-state index is 13.0. The van der Waals surface area contributed by atoms with Crippen molar-refractivity contribution in [3.05, 3.63) is 29.3 Å². The molecular formula is C19H23F6N3O3. The number of ether oxygens (including phenoxy) is 1. The predicted molar refractivity (Wildman–Crippen MR) is 99.0 cm³/mol. The van der Waals surface area contributed by atoms with Gasteiger partial charge in [0.2, 0.25) is 5.91 Å². The van der Waals surface area contributed by atoms with Crippen LogP contribution in [0.4, 0.5) is 36.8 Å². The van der Waals surface area contributed by atoms with Crippen LogP contribution in [-0.2, 0) is 21.9 Å². The first-order valence-electron chi connectivity index (χ1n) is 9.28. The molecule has 0 aliphatic carbocycles. The quantitative estimate of drug-likeness (QED) is 0.648. The van der Waals surface area contributed by atoms with Gasteiger partial charge in [0.05, 0.1) is 16.7 Å². The highest BCUT2D eigenvalue weighted by atomic mass is 19.4. The first kappa shape index (κ1) is 24.8. The number of amides is 2. The van der Waals surface area contributed by atoms with Crippen LogP contribution in [0.3, 0.4) is 0 Å². The zero-order chi connectivity index (χ0) is 23.8. The van der Waals surface area contributed by atoms with Crippen LogP contribution in [0.25, 0.3) is 0 Å². The molecule has 2 amide bonds. The highest BCUT2D eigenvalue weighted by Gasteiger charge is 2.41. The van der Waals surface area contributed by atoms with E-state index in [1.807, 2.05) is 0 Å². The maximum atomic E-state index is 13.0. The predicted octanol–water partition coefficient (Wildman–Crippen LogP) is 4.39. The molecule has 12 heteroatoms. The second-order valence-corrected chi connectivity index (χ2v) is 8.37. The first-order chi connectivity index (χ1) is 13.9. The van der Waals surface area contributed by atoms with E-state index in [0.717, 1.165) is 0 Å². The third-order valence-corrected chi connectivity index (χ3v) is 4.61. The van der Waals surface area contributed by atoms with Gasteiger partial charge in [0.15, 0.2) is 0 Å². The number of anilines is 1. The molecule has 0 saturated carbocycles. The van der Waals surface area contributed by atoms with Gasteiger partial charge in [0.1, 0.15) is 5.60 Å². The van der Waals surface area contributed by atoms with Crippen LogP contribution in [0.2, 0.25) is 0 Å². The molecule has 6 nitrogen and oxygen atoms in total. The number of carbonyl (C=O) groups is 2. The third-order valence-electron chi connectivity index (χ3n) is 4.61. The van der Waals surface area contributed by atoms with Crippen molar-refractivity contribution >= 4 is 17.7 Å². The van der Waals surface area contributed by atoms with Crippen molar-refractivity contribution in [3.8, 4) is 0 Å². The van der Waals surface area contributed by atoms with Crippen LogP contribution in [0.15, 0.2) is 18.2 Å². The SMILES string of the molecule is CC(C)(C)OC(=O)N1CCC(N)(C(=O)Nc2cc(C(F)(F)F)cc(C(F)(F)F)c2)CC1. The number of nitrogens with two attached hydrogens (primary N) is 1. The van der Waals surface area contributed by atoms with Crippen LogP contribution < -0.4 is 11.1 Å².